The molecular formula is C10H3F4NO. The van der Waals surface area contributed by atoms with Crippen LogP contribution in [0.15, 0.2) is 22.8 Å². The fourth-order valence-electron chi connectivity index (χ4n) is 1.42. The predicted octanol–water partition coefficient (Wildman–Crippen LogP) is 3.46. The van der Waals surface area contributed by atoms with Gasteiger partial charge < -0.3 is 4.42 Å². The van der Waals surface area contributed by atoms with Gasteiger partial charge in [-0.15, -0.1) is 0 Å². The first kappa shape index (κ1) is 10.5. The van der Waals surface area contributed by atoms with Gasteiger partial charge in [0.15, 0.2) is 11.4 Å². The van der Waals surface area contributed by atoms with E-state index in [1.165, 1.54) is 0 Å². The second-order valence-electron chi connectivity index (χ2n) is 3.06. The molecule has 0 radical (unpaired) electrons. The fourth-order valence-corrected chi connectivity index (χ4v) is 1.42. The molecule has 0 fully saturated rings. The molecule has 6 heteroatoms. The number of nitriles is 1. The van der Waals surface area contributed by atoms with Crippen LogP contribution in [0, 0.1) is 17.1 Å². The van der Waals surface area contributed by atoms with Gasteiger partial charge in [0.2, 0.25) is 0 Å². The van der Waals surface area contributed by atoms with Crippen molar-refractivity contribution in [1.82, 2.24) is 0 Å². The predicted molar refractivity (Wildman–Crippen MR) is 45.9 cm³/mol. The van der Waals surface area contributed by atoms with Gasteiger partial charge in [-0.1, -0.05) is 0 Å². The molecule has 82 valence electrons. The lowest BCUT2D eigenvalue weighted by molar-refractivity contribution is -0.136. The van der Waals surface area contributed by atoms with Crippen LogP contribution in [-0.4, -0.2) is 0 Å². The van der Waals surface area contributed by atoms with Crippen molar-refractivity contribution in [3.63, 3.8) is 0 Å². The van der Waals surface area contributed by atoms with E-state index in [4.69, 9.17) is 5.26 Å². The molecule has 0 amide bonds. The Morgan fingerprint density at radius 3 is 2.50 bits per heavy atom. The van der Waals surface area contributed by atoms with E-state index in [9.17, 15) is 17.6 Å². The van der Waals surface area contributed by atoms with E-state index in [1.807, 2.05) is 0 Å². The first-order chi connectivity index (χ1) is 7.45. The lowest BCUT2D eigenvalue weighted by Gasteiger charge is -2.03. The highest BCUT2D eigenvalue weighted by Crippen LogP contribution is 2.38. The minimum atomic E-state index is -4.68. The number of halogens is 4. The zero-order chi connectivity index (χ0) is 11.9. The zero-order valence-electron chi connectivity index (χ0n) is 7.60. The summed E-state index contributed by atoms with van der Waals surface area (Å²) in [5, 5.41) is 8.12. The molecule has 1 heterocycles. The lowest BCUT2D eigenvalue weighted by atomic mass is 10.1. The van der Waals surface area contributed by atoms with Gasteiger partial charge in [0.1, 0.15) is 11.8 Å². The van der Waals surface area contributed by atoms with E-state index in [0.717, 1.165) is 12.1 Å². The van der Waals surface area contributed by atoms with E-state index < -0.39 is 28.5 Å². The maximum absolute atomic E-state index is 13.1. The molecule has 0 aliphatic heterocycles. The number of furan rings is 1. The Labute approximate surface area is 86.7 Å². The number of hydrogen-bond donors (Lipinski definition) is 0. The van der Waals surface area contributed by atoms with Gasteiger partial charge in [-0.05, 0) is 12.1 Å². The van der Waals surface area contributed by atoms with Crippen molar-refractivity contribution < 1.29 is 22.0 Å². The van der Waals surface area contributed by atoms with Gasteiger partial charge in [0, 0.05) is 0 Å². The lowest BCUT2D eigenvalue weighted by Crippen LogP contribution is -2.04. The largest absolute Gasteiger partial charge is 0.461 e. The second kappa shape index (κ2) is 3.23. The molecule has 0 bridgehead atoms. The third-order valence-electron chi connectivity index (χ3n) is 2.10. The van der Waals surface area contributed by atoms with Gasteiger partial charge in [-0.3, -0.25) is 0 Å². The monoisotopic (exact) mass is 229 g/mol. The van der Waals surface area contributed by atoms with Crippen LogP contribution in [0.25, 0.3) is 11.0 Å². The van der Waals surface area contributed by atoms with Crippen molar-refractivity contribution in [2.75, 3.05) is 0 Å². The van der Waals surface area contributed by atoms with Crippen LogP contribution >= 0.6 is 0 Å². The standard InChI is InChI=1S/C10H3F4NO/c11-7-2-1-5(3-15)8-6(10(12,13)14)4-16-9(7)8/h1-2,4H. The number of fused-ring (bicyclic) bond motifs is 1. The highest BCUT2D eigenvalue weighted by molar-refractivity contribution is 5.87. The quantitative estimate of drug-likeness (QED) is 0.648. The molecule has 16 heavy (non-hydrogen) atoms. The van der Waals surface area contributed by atoms with Crippen molar-refractivity contribution in [2.24, 2.45) is 0 Å². The van der Waals surface area contributed by atoms with Gasteiger partial charge in [0.05, 0.1) is 17.0 Å². The van der Waals surface area contributed by atoms with Gasteiger partial charge in [-0.2, -0.15) is 18.4 Å². The summed E-state index contributed by atoms with van der Waals surface area (Å²) < 4.78 is 55.2. The molecule has 2 nitrogen and oxygen atoms in total. The summed E-state index contributed by atoms with van der Waals surface area (Å²) in [6, 6.07) is 3.45. The van der Waals surface area contributed by atoms with E-state index in [1.54, 1.807) is 6.07 Å². The molecule has 0 saturated carbocycles. The molecular weight excluding hydrogens is 226 g/mol. The molecule has 2 rings (SSSR count). The summed E-state index contributed by atoms with van der Waals surface area (Å²) in [7, 11) is 0. The van der Waals surface area contributed by atoms with E-state index in [0.29, 0.717) is 6.26 Å². The highest BCUT2D eigenvalue weighted by Gasteiger charge is 2.36. The number of alkyl halides is 3. The Balaban J connectivity index is 2.90. The number of rotatable bonds is 0. The third-order valence-corrected chi connectivity index (χ3v) is 2.10. The molecule has 0 aliphatic rings. The maximum atomic E-state index is 13.1. The summed E-state index contributed by atoms with van der Waals surface area (Å²) in [6.45, 7) is 0. The van der Waals surface area contributed by atoms with Crippen LogP contribution in [0.5, 0.6) is 0 Å². The Bertz CT molecular complexity index is 591. The average molecular weight is 229 g/mol. The van der Waals surface area contributed by atoms with Gasteiger partial charge in [-0.25, -0.2) is 4.39 Å². The third kappa shape index (κ3) is 1.41. The first-order valence-electron chi connectivity index (χ1n) is 4.12. The molecule has 1 aromatic heterocycles. The molecule has 0 spiro atoms. The van der Waals surface area contributed by atoms with Crippen molar-refractivity contribution in [3.8, 4) is 6.07 Å². The van der Waals surface area contributed by atoms with Crippen LogP contribution in [0.2, 0.25) is 0 Å². The summed E-state index contributed by atoms with van der Waals surface area (Å²) in [4.78, 5) is 0. The molecule has 0 N–H and O–H groups in total. The summed E-state index contributed by atoms with van der Waals surface area (Å²) in [5.74, 6) is -0.926. The molecule has 2 aromatic rings. The van der Waals surface area contributed by atoms with Crippen molar-refractivity contribution >= 4 is 11.0 Å². The number of benzene rings is 1. The van der Waals surface area contributed by atoms with Crippen LogP contribution in [-0.2, 0) is 6.18 Å². The molecule has 0 saturated heterocycles. The molecule has 1 aromatic carbocycles. The minimum absolute atomic E-state index is 0.266. The zero-order valence-corrected chi connectivity index (χ0v) is 7.60. The van der Waals surface area contributed by atoms with E-state index >= 15 is 0 Å². The van der Waals surface area contributed by atoms with Gasteiger partial charge in [0.25, 0.3) is 0 Å². The van der Waals surface area contributed by atoms with Crippen LogP contribution in [0.3, 0.4) is 0 Å². The van der Waals surface area contributed by atoms with Crippen LogP contribution < -0.4 is 0 Å². The Kier molecular flexibility index (Phi) is 2.12. The Morgan fingerprint density at radius 1 is 1.25 bits per heavy atom. The first-order valence-corrected chi connectivity index (χ1v) is 4.12. The van der Waals surface area contributed by atoms with Crippen LogP contribution in [0.1, 0.15) is 11.1 Å². The normalized spacial score (nSPS) is 11.7. The molecule has 0 unspecified atom stereocenters. The Hall–Kier alpha value is -2.03. The maximum Gasteiger partial charge on any atom is 0.420 e. The fraction of sp³-hybridized carbons (Fsp3) is 0.100. The van der Waals surface area contributed by atoms with E-state index in [-0.39, 0.29) is 5.56 Å². The number of nitrogens with zero attached hydrogens (tertiary/aromatic N) is 1. The molecule has 0 aliphatic carbocycles. The van der Waals surface area contributed by atoms with Crippen LogP contribution in [0.4, 0.5) is 17.6 Å². The van der Waals surface area contributed by atoms with Crippen molar-refractivity contribution in [1.29, 1.82) is 5.26 Å². The minimum Gasteiger partial charge on any atom is -0.461 e. The average Bonchev–Trinajstić information content (AvgIpc) is 2.63. The SMILES string of the molecule is N#Cc1ccc(F)c2occ(C(F)(F)F)c12. The van der Waals surface area contributed by atoms with Crippen molar-refractivity contribution in [2.45, 2.75) is 6.18 Å². The van der Waals surface area contributed by atoms with E-state index in [2.05, 4.69) is 4.42 Å². The van der Waals surface area contributed by atoms with Crippen molar-refractivity contribution in [3.05, 3.63) is 35.3 Å². The Morgan fingerprint density at radius 2 is 1.94 bits per heavy atom. The summed E-state index contributed by atoms with van der Waals surface area (Å²) in [5.41, 5.74) is -1.96. The second-order valence-corrected chi connectivity index (χ2v) is 3.06. The summed E-state index contributed by atoms with van der Waals surface area (Å²) >= 11 is 0. The smallest absolute Gasteiger partial charge is 0.420 e. The number of hydrogen-bond acceptors (Lipinski definition) is 2. The van der Waals surface area contributed by atoms with Gasteiger partial charge >= 0.3 is 6.18 Å². The topological polar surface area (TPSA) is 36.9 Å². The highest BCUT2D eigenvalue weighted by atomic mass is 19.4. The molecule has 0 atom stereocenters. The summed E-state index contributed by atoms with van der Waals surface area (Å²) in [6.07, 6.45) is -4.26.